The number of carbonyl (C=O) groups is 1. The monoisotopic (exact) mass is 420 g/mol. The van der Waals surface area contributed by atoms with Crippen LogP contribution in [-0.2, 0) is 21.6 Å². The van der Waals surface area contributed by atoms with Crippen molar-refractivity contribution in [3.63, 3.8) is 0 Å². The van der Waals surface area contributed by atoms with Crippen LogP contribution < -0.4 is 9.80 Å². The lowest BCUT2D eigenvalue weighted by Gasteiger charge is -2.35. The molecule has 2 aromatic carbocycles. The molecule has 2 fully saturated rings. The molecule has 2 heterocycles. The molecule has 4 rings (SSSR count). The molecule has 2 aromatic rings. The van der Waals surface area contributed by atoms with E-state index < -0.39 is 0 Å². The van der Waals surface area contributed by atoms with Crippen molar-refractivity contribution in [2.45, 2.75) is 32.3 Å². The van der Waals surface area contributed by atoms with Gasteiger partial charge in [0.25, 0.3) is 0 Å². The summed E-state index contributed by atoms with van der Waals surface area (Å²) in [7, 11) is 3.90. The largest absolute Gasteiger partial charge is 0.374 e. The van der Waals surface area contributed by atoms with Gasteiger partial charge < -0.3 is 19.4 Å². The van der Waals surface area contributed by atoms with Crippen molar-refractivity contribution < 1.29 is 9.53 Å². The number of amides is 1. The summed E-state index contributed by atoms with van der Waals surface area (Å²) < 4.78 is 5.57. The van der Waals surface area contributed by atoms with Crippen LogP contribution in [-0.4, -0.2) is 57.7 Å². The van der Waals surface area contributed by atoms with E-state index in [4.69, 9.17) is 4.74 Å². The van der Waals surface area contributed by atoms with Crippen molar-refractivity contribution in [2.24, 2.45) is 5.92 Å². The summed E-state index contributed by atoms with van der Waals surface area (Å²) in [5.74, 6) is 0.288. The summed E-state index contributed by atoms with van der Waals surface area (Å²) in [6, 6.07) is 16.9. The lowest BCUT2D eigenvalue weighted by molar-refractivity contribution is -0.120. The van der Waals surface area contributed by atoms with Crippen LogP contribution in [0.15, 0.2) is 48.5 Å². The quantitative estimate of drug-likeness (QED) is 0.710. The summed E-state index contributed by atoms with van der Waals surface area (Å²) in [4.78, 5) is 20.1. The molecular formula is C26H35N3O2. The Labute approximate surface area is 186 Å². The Balaban J connectivity index is 1.46. The number of rotatable bonds is 6. The Morgan fingerprint density at radius 3 is 2.32 bits per heavy atom. The van der Waals surface area contributed by atoms with Crippen LogP contribution in [0.3, 0.4) is 0 Å². The van der Waals surface area contributed by atoms with Crippen LogP contribution in [0.5, 0.6) is 0 Å². The zero-order valence-corrected chi connectivity index (χ0v) is 19.3. The second kappa shape index (κ2) is 9.01. The summed E-state index contributed by atoms with van der Waals surface area (Å²) >= 11 is 0. The van der Waals surface area contributed by atoms with Gasteiger partial charge in [0.1, 0.15) is 0 Å². The molecule has 0 N–H and O–H groups in total. The van der Waals surface area contributed by atoms with Crippen molar-refractivity contribution in [2.75, 3.05) is 56.7 Å². The number of methoxy groups -OCH3 is 1. The minimum atomic E-state index is -0.330. The molecule has 2 saturated heterocycles. The first kappa shape index (κ1) is 21.8. The van der Waals surface area contributed by atoms with Crippen LogP contribution >= 0.6 is 0 Å². The third kappa shape index (κ3) is 4.63. The van der Waals surface area contributed by atoms with E-state index in [1.807, 2.05) is 4.90 Å². The van der Waals surface area contributed by atoms with Gasteiger partial charge >= 0.3 is 0 Å². The third-order valence-electron chi connectivity index (χ3n) is 7.00. The number of anilines is 2. The first-order valence-electron chi connectivity index (χ1n) is 11.4. The normalized spacial score (nSPS) is 20.5. The van der Waals surface area contributed by atoms with Crippen molar-refractivity contribution in [1.29, 1.82) is 0 Å². The Morgan fingerprint density at radius 2 is 1.65 bits per heavy atom. The molecule has 0 aromatic heterocycles. The molecule has 1 atom stereocenters. The zero-order valence-electron chi connectivity index (χ0n) is 19.3. The highest BCUT2D eigenvalue weighted by molar-refractivity contribution is 5.97. The van der Waals surface area contributed by atoms with Gasteiger partial charge in [0.05, 0.1) is 5.60 Å². The van der Waals surface area contributed by atoms with Crippen LogP contribution in [0.2, 0.25) is 0 Å². The van der Waals surface area contributed by atoms with Crippen molar-refractivity contribution >= 4 is 17.3 Å². The summed E-state index contributed by atoms with van der Waals surface area (Å²) in [5.41, 5.74) is 4.36. The van der Waals surface area contributed by atoms with Gasteiger partial charge in [0.15, 0.2) is 0 Å². The van der Waals surface area contributed by atoms with Gasteiger partial charge in [-0.25, -0.2) is 0 Å². The van der Waals surface area contributed by atoms with E-state index in [9.17, 15) is 4.79 Å². The second-order valence-electron chi connectivity index (χ2n) is 9.36. The molecule has 0 saturated carbocycles. The fourth-order valence-electron chi connectivity index (χ4n) is 4.65. The van der Waals surface area contributed by atoms with Crippen molar-refractivity contribution in [3.8, 4) is 0 Å². The predicted molar refractivity (Wildman–Crippen MR) is 127 cm³/mol. The molecule has 0 bridgehead atoms. The van der Waals surface area contributed by atoms with Gasteiger partial charge in [0.2, 0.25) is 5.91 Å². The van der Waals surface area contributed by atoms with E-state index in [-0.39, 0.29) is 17.4 Å². The van der Waals surface area contributed by atoms with Gasteiger partial charge in [-0.15, -0.1) is 0 Å². The maximum atomic E-state index is 13.3. The Morgan fingerprint density at radius 1 is 0.968 bits per heavy atom. The van der Waals surface area contributed by atoms with Gasteiger partial charge in [-0.05, 0) is 63.1 Å². The standard InChI is InChI=1S/C26H35N3O2/c1-26(2,31-4)22-9-11-23(12-10-22)29-14-13-21(25(29)30)19-20-7-5-6-8-24(20)28-17-15-27(3)16-18-28/h5-12,21H,13-19H2,1-4H3/t21-/m1/s1/i3-1. The average molecular weight is 421 g/mol. The molecule has 0 unspecified atom stereocenters. The summed E-state index contributed by atoms with van der Waals surface area (Å²) in [5, 5.41) is 0. The fraction of sp³-hybridized carbons (Fsp3) is 0.500. The van der Waals surface area contributed by atoms with Gasteiger partial charge in [0, 0.05) is 57.1 Å². The number of nitrogens with zero attached hydrogens (tertiary/aromatic N) is 3. The maximum Gasteiger partial charge on any atom is 0.230 e. The smallest absolute Gasteiger partial charge is 0.230 e. The lowest BCUT2D eigenvalue weighted by atomic mass is 9.96. The number of para-hydroxylation sites is 1. The van der Waals surface area contributed by atoms with E-state index in [1.165, 1.54) is 11.3 Å². The number of carbonyl (C=O) groups excluding carboxylic acids is 1. The highest BCUT2D eigenvalue weighted by atomic mass is 16.5. The first-order chi connectivity index (χ1) is 14.9. The Bertz CT molecular complexity index is 901. The van der Waals surface area contributed by atoms with Crippen LogP contribution in [0, 0.1) is 5.92 Å². The van der Waals surface area contributed by atoms with E-state index in [0.29, 0.717) is 0 Å². The van der Waals surface area contributed by atoms with Crippen molar-refractivity contribution in [3.05, 3.63) is 59.7 Å². The average Bonchev–Trinajstić information content (AvgIpc) is 3.15. The summed E-state index contributed by atoms with van der Waals surface area (Å²) in [6.45, 7) is 9.15. The molecule has 31 heavy (non-hydrogen) atoms. The van der Waals surface area contributed by atoms with Gasteiger partial charge in [-0.1, -0.05) is 30.3 Å². The third-order valence-corrected chi connectivity index (χ3v) is 7.00. The van der Waals surface area contributed by atoms with Gasteiger partial charge in [-0.3, -0.25) is 4.79 Å². The first-order valence-corrected chi connectivity index (χ1v) is 11.4. The Hall–Kier alpha value is -2.37. The van der Waals surface area contributed by atoms with E-state index >= 15 is 0 Å². The molecule has 0 spiro atoms. The number of hydrogen-bond donors (Lipinski definition) is 0. The molecule has 0 aliphatic carbocycles. The second-order valence-corrected chi connectivity index (χ2v) is 9.36. The van der Waals surface area contributed by atoms with Crippen LogP contribution in [0.1, 0.15) is 31.4 Å². The van der Waals surface area contributed by atoms with Crippen LogP contribution in [0.25, 0.3) is 0 Å². The molecule has 2 aliphatic heterocycles. The molecule has 166 valence electrons. The van der Waals surface area contributed by atoms with Gasteiger partial charge in [-0.2, -0.15) is 0 Å². The lowest BCUT2D eigenvalue weighted by Crippen LogP contribution is -2.44. The number of benzene rings is 2. The van der Waals surface area contributed by atoms with Crippen molar-refractivity contribution in [1.82, 2.24) is 4.90 Å². The number of piperazine rings is 1. The topological polar surface area (TPSA) is 36.0 Å². The number of hydrogen-bond acceptors (Lipinski definition) is 4. The minimum Gasteiger partial charge on any atom is -0.374 e. The maximum absolute atomic E-state index is 13.3. The van der Waals surface area contributed by atoms with Crippen LogP contribution in [0.4, 0.5) is 11.4 Å². The SMILES string of the molecule is COC(C)(C)c1ccc(N2CC[C@H](Cc3ccccc3N3CCN([11CH3])CC3)C2=O)cc1. The predicted octanol–water partition coefficient (Wildman–Crippen LogP) is 3.92. The molecular weight excluding hydrogens is 385 g/mol. The molecule has 5 heteroatoms. The molecule has 5 nitrogen and oxygen atoms in total. The van der Waals surface area contributed by atoms with E-state index in [1.54, 1.807) is 7.11 Å². The number of likely N-dealkylation sites (N-methyl/N-ethyl adjacent to an activating group) is 1. The highest BCUT2D eigenvalue weighted by Crippen LogP contribution is 2.32. The molecule has 1 amide bonds. The molecule has 0 radical (unpaired) electrons. The van der Waals surface area contributed by atoms with E-state index in [2.05, 4.69) is 79.2 Å². The summed E-state index contributed by atoms with van der Waals surface area (Å²) in [6.07, 6.45) is 1.72. The Kier molecular flexibility index (Phi) is 6.35. The molecule has 2 aliphatic rings. The minimum absolute atomic E-state index is 0.0451. The number of ether oxygens (including phenoxy) is 1. The zero-order chi connectivity index (χ0) is 22.0. The fourth-order valence-corrected chi connectivity index (χ4v) is 4.65. The highest BCUT2D eigenvalue weighted by Gasteiger charge is 2.33. The van der Waals surface area contributed by atoms with E-state index in [0.717, 1.165) is 56.8 Å².